The van der Waals surface area contributed by atoms with Crippen LogP contribution in [0.1, 0.15) is 30.4 Å². The fourth-order valence-electron chi connectivity index (χ4n) is 1.79. The Morgan fingerprint density at radius 1 is 1.37 bits per heavy atom. The molecule has 0 atom stereocenters. The molecule has 0 aliphatic heterocycles. The van der Waals surface area contributed by atoms with Crippen LogP contribution in [0.25, 0.3) is 0 Å². The van der Waals surface area contributed by atoms with E-state index in [0.717, 1.165) is 28.5 Å². The van der Waals surface area contributed by atoms with Crippen molar-refractivity contribution in [3.8, 4) is 0 Å². The number of hydrogen-bond donors (Lipinski definition) is 0. The van der Waals surface area contributed by atoms with Crippen LogP contribution in [0.5, 0.6) is 0 Å². The number of rotatable bonds is 6. The van der Waals surface area contributed by atoms with Crippen LogP contribution in [0, 0.1) is 5.92 Å². The average molecular weight is 344 g/mol. The van der Waals surface area contributed by atoms with Gasteiger partial charge in [0.25, 0.3) is 0 Å². The predicted molar refractivity (Wildman–Crippen MR) is 80.0 cm³/mol. The minimum Gasteiger partial charge on any atom is -0.339 e. The molecule has 0 radical (unpaired) electrons. The van der Waals surface area contributed by atoms with Gasteiger partial charge in [-0.05, 0) is 41.0 Å². The molecule has 0 unspecified atom stereocenters. The normalized spacial score (nSPS) is 11.7. The van der Waals surface area contributed by atoms with Gasteiger partial charge in [0.05, 0.1) is 10.3 Å². The van der Waals surface area contributed by atoms with Crippen LogP contribution in [-0.4, -0.2) is 22.1 Å². The molecule has 0 saturated carbocycles. The van der Waals surface area contributed by atoms with Crippen LogP contribution >= 0.6 is 27.3 Å². The monoisotopic (exact) mass is 343 g/mol. The summed E-state index contributed by atoms with van der Waals surface area (Å²) in [7, 11) is 2.06. The van der Waals surface area contributed by atoms with Gasteiger partial charge in [0.2, 0.25) is 5.89 Å². The van der Waals surface area contributed by atoms with E-state index in [9.17, 15) is 0 Å². The van der Waals surface area contributed by atoms with Crippen LogP contribution in [0.4, 0.5) is 0 Å². The van der Waals surface area contributed by atoms with Gasteiger partial charge in [-0.2, -0.15) is 4.98 Å². The molecule has 0 amide bonds. The van der Waals surface area contributed by atoms with Gasteiger partial charge in [-0.25, -0.2) is 0 Å². The largest absolute Gasteiger partial charge is 0.339 e. The first-order chi connectivity index (χ1) is 9.02. The molecule has 0 aromatic carbocycles. The van der Waals surface area contributed by atoms with Crippen molar-refractivity contribution in [1.29, 1.82) is 0 Å². The lowest BCUT2D eigenvalue weighted by Crippen LogP contribution is -2.17. The van der Waals surface area contributed by atoms with Crippen molar-refractivity contribution in [2.24, 2.45) is 5.92 Å². The van der Waals surface area contributed by atoms with Gasteiger partial charge in [0, 0.05) is 17.8 Å². The second kappa shape index (κ2) is 6.63. The molecular weight excluding hydrogens is 326 g/mol. The van der Waals surface area contributed by atoms with E-state index in [-0.39, 0.29) is 0 Å². The van der Waals surface area contributed by atoms with Crippen molar-refractivity contribution in [3.63, 3.8) is 0 Å². The molecule has 6 heteroatoms. The summed E-state index contributed by atoms with van der Waals surface area (Å²) in [5.74, 6) is 2.03. The average Bonchev–Trinajstić information content (AvgIpc) is 2.88. The third-order valence-electron chi connectivity index (χ3n) is 2.56. The fourth-order valence-corrected chi connectivity index (χ4v) is 3.35. The highest BCUT2D eigenvalue weighted by Gasteiger charge is 2.11. The van der Waals surface area contributed by atoms with Crippen LogP contribution in [0.15, 0.2) is 20.4 Å². The Kier molecular flexibility index (Phi) is 5.13. The lowest BCUT2D eigenvalue weighted by molar-refractivity contribution is 0.301. The molecule has 4 nitrogen and oxygen atoms in total. The molecule has 0 aliphatic carbocycles. The highest BCUT2D eigenvalue weighted by Crippen LogP contribution is 2.23. The van der Waals surface area contributed by atoms with E-state index < -0.39 is 0 Å². The van der Waals surface area contributed by atoms with Crippen molar-refractivity contribution >= 4 is 27.3 Å². The second-order valence-corrected chi connectivity index (χ2v) is 7.63. The smallest absolute Gasteiger partial charge is 0.226 e. The zero-order valence-corrected chi connectivity index (χ0v) is 13.8. The van der Waals surface area contributed by atoms with Crippen molar-refractivity contribution in [2.75, 3.05) is 7.05 Å². The van der Waals surface area contributed by atoms with Gasteiger partial charge in [0.1, 0.15) is 0 Å². The van der Waals surface area contributed by atoms with E-state index in [1.165, 1.54) is 4.88 Å². The minimum absolute atomic E-state index is 0.537. The fraction of sp³-hybridized carbons (Fsp3) is 0.538. The molecule has 2 rings (SSSR count). The summed E-state index contributed by atoms with van der Waals surface area (Å²) in [5.41, 5.74) is 0. The first-order valence-electron chi connectivity index (χ1n) is 6.27. The Labute approximate surface area is 125 Å². The van der Waals surface area contributed by atoms with Crippen LogP contribution < -0.4 is 0 Å². The standard InChI is InChI=1S/C13H18BrN3OS/c1-9(2)6-13-15-12(16-18-13)8-17(3)7-10-4-5-11(14)19-10/h4-5,9H,6-8H2,1-3H3. The number of aromatic nitrogens is 2. The zero-order valence-electron chi connectivity index (χ0n) is 11.4. The zero-order chi connectivity index (χ0) is 13.8. The number of thiophene rings is 1. The number of halogens is 1. The van der Waals surface area contributed by atoms with E-state index in [0.29, 0.717) is 12.5 Å². The summed E-state index contributed by atoms with van der Waals surface area (Å²) < 4.78 is 6.40. The summed E-state index contributed by atoms with van der Waals surface area (Å²) in [5, 5.41) is 4.02. The van der Waals surface area contributed by atoms with Gasteiger partial charge in [0.15, 0.2) is 5.82 Å². The van der Waals surface area contributed by atoms with Gasteiger partial charge in [-0.1, -0.05) is 19.0 Å². The van der Waals surface area contributed by atoms with Gasteiger partial charge < -0.3 is 4.52 Å². The predicted octanol–water partition coefficient (Wildman–Crippen LogP) is 3.72. The third kappa shape index (κ3) is 4.71. The molecule has 0 N–H and O–H groups in total. The van der Waals surface area contributed by atoms with Gasteiger partial charge in [-0.15, -0.1) is 11.3 Å². The molecule has 2 aromatic heterocycles. The maximum Gasteiger partial charge on any atom is 0.226 e. The highest BCUT2D eigenvalue weighted by atomic mass is 79.9. The summed E-state index contributed by atoms with van der Waals surface area (Å²) in [6, 6.07) is 4.20. The highest BCUT2D eigenvalue weighted by molar-refractivity contribution is 9.11. The van der Waals surface area contributed by atoms with Crippen LogP contribution in [-0.2, 0) is 19.5 Å². The molecule has 0 spiro atoms. The number of nitrogens with zero attached hydrogens (tertiary/aromatic N) is 3. The van der Waals surface area contributed by atoms with E-state index in [2.05, 4.69) is 64.0 Å². The van der Waals surface area contributed by atoms with Gasteiger partial charge >= 0.3 is 0 Å². The van der Waals surface area contributed by atoms with E-state index in [1.807, 2.05) is 0 Å². The van der Waals surface area contributed by atoms with E-state index in [1.54, 1.807) is 11.3 Å². The Bertz CT molecular complexity index is 523. The topological polar surface area (TPSA) is 42.2 Å². The molecule has 2 aromatic rings. The molecule has 19 heavy (non-hydrogen) atoms. The maximum atomic E-state index is 5.24. The SMILES string of the molecule is CC(C)Cc1nc(CN(C)Cc2ccc(Br)s2)no1. The van der Waals surface area contributed by atoms with E-state index in [4.69, 9.17) is 4.52 Å². The second-order valence-electron chi connectivity index (χ2n) is 5.08. The quantitative estimate of drug-likeness (QED) is 0.801. The lowest BCUT2D eigenvalue weighted by atomic mass is 10.1. The summed E-state index contributed by atoms with van der Waals surface area (Å²) in [4.78, 5) is 7.91. The minimum atomic E-state index is 0.537. The van der Waals surface area contributed by atoms with Crippen LogP contribution in [0.3, 0.4) is 0 Å². The van der Waals surface area contributed by atoms with Crippen molar-refractivity contribution in [3.05, 3.63) is 32.5 Å². The first kappa shape index (κ1) is 14.7. The molecular formula is C13H18BrN3OS. The van der Waals surface area contributed by atoms with Gasteiger partial charge in [-0.3, -0.25) is 4.90 Å². The molecule has 0 fully saturated rings. The summed E-state index contributed by atoms with van der Waals surface area (Å²) >= 11 is 5.23. The molecule has 0 saturated heterocycles. The van der Waals surface area contributed by atoms with Crippen molar-refractivity contribution in [2.45, 2.75) is 33.4 Å². The summed E-state index contributed by atoms with van der Waals surface area (Å²) in [6.07, 6.45) is 0.842. The Balaban J connectivity index is 1.88. The Hall–Kier alpha value is -0.720. The molecule has 104 valence electrons. The molecule has 0 aliphatic rings. The van der Waals surface area contributed by atoms with Crippen molar-refractivity contribution in [1.82, 2.24) is 15.0 Å². The third-order valence-corrected chi connectivity index (χ3v) is 4.17. The maximum absolute atomic E-state index is 5.24. The van der Waals surface area contributed by atoms with Crippen molar-refractivity contribution < 1.29 is 4.52 Å². The Morgan fingerprint density at radius 2 is 2.16 bits per heavy atom. The summed E-state index contributed by atoms with van der Waals surface area (Å²) in [6.45, 7) is 5.89. The Morgan fingerprint density at radius 3 is 2.79 bits per heavy atom. The first-order valence-corrected chi connectivity index (χ1v) is 7.88. The van der Waals surface area contributed by atoms with Crippen LogP contribution in [0.2, 0.25) is 0 Å². The lowest BCUT2D eigenvalue weighted by Gasteiger charge is -2.12. The molecule has 2 heterocycles. The van der Waals surface area contributed by atoms with E-state index >= 15 is 0 Å². The molecule has 0 bridgehead atoms. The number of hydrogen-bond acceptors (Lipinski definition) is 5.